The molecule has 2 aromatic heterocycles. The molecular formula is C12H10ClFN4O3. The predicted molar refractivity (Wildman–Crippen MR) is 70.0 cm³/mol. The van der Waals surface area contributed by atoms with Crippen molar-refractivity contribution < 1.29 is 19.3 Å². The van der Waals surface area contributed by atoms with Crippen LogP contribution in [0.3, 0.4) is 0 Å². The van der Waals surface area contributed by atoms with Crippen molar-refractivity contribution in [2.45, 2.75) is 24.1 Å². The van der Waals surface area contributed by atoms with Crippen molar-refractivity contribution in [3.05, 3.63) is 17.8 Å². The summed E-state index contributed by atoms with van der Waals surface area (Å²) in [6.45, 7) is -0.576. The third-order valence-corrected chi connectivity index (χ3v) is 3.69. The Labute approximate surface area is 123 Å². The fraction of sp³-hybridized carbons (Fsp3) is 0.417. The number of hydrogen-bond acceptors (Lipinski definition) is 6. The summed E-state index contributed by atoms with van der Waals surface area (Å²) >= 11 is 5.88. The standard InChI is InChI=1S/C12H10ClFN4O3/c1-2-12(14)8(20)6(3-19)21-11(12)18-5-17-7-9(13)15-4-16-10(7)18/h1,4-6,8,11,19-20H,3H2/t6-,8-,11-,12-/m1/s1. The Morgan fingerprint density at radius 1 is 1.52 bits per heavy atom. The number of fused-ring (bicyclic) bond motifs is 1. The van der Waals surface area contributed by atoms with Gasteiger partial charge in [0.05, 0.1) is 12.9 Å². The monoisotopic (exact) mass is 312 g/mol. The third kappa shape index (κ3) is 1.90. The van der Waals surface area contributed by atoms with Crippen LogP contribution in [-0.2, 0) is 4.74 Å². The second kappa shape index (κ2) is 4.89. The van der Waals surface area contributed by atoms with Gasteiger partial charge in [-0.3, -0.25) is 4.57 Å². The number of halogens is 2. The smallest absolute Gasteiger partial charge is 0.243 e. The van der Waals surface area contributed by atoms with Gasteiger partial charge >= 0.3 is 0 Å². The van der Waals surface area contributed by atoms with Gasteiger partial charge in [0, 0.05) is 0 Å². The molecule has 1 fully saturated rings. The predicted octanol–water partition coefficient (Wildman–Crippen LogP) is 0.0718. The second-order valence-electron chi connectivity index (χ2n) is 4.56. The molecule has 7 nitrogen and oxygen atoms in total. The third-order valence-electron chi connectivity index (χ3n) is 3.41. The Morgan fingerprint density at radius 2 is 2.29 bits per heavy atom. The molecule has 0 unspecified atom stereocenters. The van der Waals surface area contributed by atoms with Gasteiger partial charge < -0.3 is 14.9 Å². The Balaban J connectivity index is 2.14. The van der Waals surface area contributed by atoms with Crippen molar-refractivity contribution in [2.75, 3.05) is 6.61 Å². The summed E-state index contributed by atoms with van der Waals surface area (Å²) in [5, 5.41) is 19.2. The van der Waals surface area contributed by atoms with Gasteiger partial charge in [-0.15, -0.1) is 6.42 Å². The number of nitrogens with zero attached hydrogens (tertiary/aromatic N) is 4. The van der Waals surface area contributed by atoms with E-state index in [1.54, 1.807) is 0 Å². The molecule has 21 heavy (non-hydrogen) atoms. The normalized spacial score (nSPS) is 32.4. The van der Waals surface area contributed by atoms with E-state index in [9.17, 15) is 9.50 Å². The first kappa shape index (κ1) is 14.2. The maximum atomic E-state index is 14.9. The molecule has 0 amide bonds. The molecule has 1 aliphatic rings. The number of terminal acetylenes is 1. The highest BCUT2D eigenvalue weighted by Gasteiger charge is 2.57. The van der Waals surface area contributed by atoms with Crippen molar-refractivity contribution in [3.63, 3.8) is 0 Å². The molecule has 9 heteroatoms. The summed E-state index contributed by atoms with van der Waals surface area (Å²) < 4.78 is 21.4. The lowest BCUT2D eigenvalue weighted by Crippen LogP contribution is -2.42. The molecule has 2 N–H and O–H groups in total. The minimum atomic E-state index is -2.53. The summed E-state index contributed by atoms with van der Waals surface area (Å²) in [6.07, 6.45) is 3.43. The fourth-order valence-electron chi connectivity index (χ4n) is 2.32. The Morgan fingerprint density at radius 3 is 2.95 bits per heavy atom. The zero-order chi connectivity index (χ0) is 15.2. The maximum Gasteiger partial charge on any atom is 0.243 e. The van der Waals surface area contributed by atoms with Crippen molar-refractivity contribution >= 4 is 22.8 Å². The Hall–Kier alpha value is -1.79. The first-order valence-electron chi connectivity index (χ1n) is 5.97. The van der Waals surface area contributed by atoms with E-state index in [0.717, 1.165) is 0 Å². The van der Waals surface area contributed by atoms with E-state index in [1.165, 1.54) is 17.2 Å². The number of hydrogen-bond donors (Lipinski definition) is 2. The molecule has 0 aromatic carbocycles. The van der Waals surface area contributed by atoms with Gasteiger partial charge in [0.25, 0.3) is 0 Å². The largest absolute Gasteiger partial charge is 0.394 e. The van der Waals surface area contributed by atoms with Gasteiger partial charge in [0.2, 0.25) is 5.67 Å². The molecule has 0 radical (unpaired) electrons. The Kier molecular flexibility index (Phi) is 3.30. The van der Waals surface area contributed by atoms with Crippen LogP contribution in [0.5, 0.6) is 0 Å². The summed E-state index contributed by atoms with van der Waals surface area (Å²) in [5.41, 5.74) is -2.06. The number of rotatable bonds is 2. The van der Waals surface area contributed by atoms with Crippen LogP contribution in [0.4, 0.5) is 4.39 Å². The molecule has 0 aliphatic carbocycles. The molecule has 3 rings (SSSR count). The minimum Gasteiger partial charge on any atom is -0.394 e. The van der Waals surface area contributed by atoms with E-state index in [0.29, 0.717) is 0 Å². The van der Waals surface area contributed by atoms with Gasteiger partial charge in [0.1, 0.15) is 24.1 Å². The molecule has 3 heterocycles. The molecular weight excluding hydrogens is 303 g/mol. The number of aromatic nitrogens is 4. The SMILES string of the molecule is C#C[C@@]1(F)[C@H](O)[C@@H](CO)O[C@H]1n1cnc2c(Cl)ncnc21. The van der Waals surface area contributed by atoms with E-state index in [-0.39, 0.29) is 16.3 Å². The molecule has 0 spiro atoms. The van der Waals surface area contributed by atoms with Gasteiger partial charge in [-0.1, -0.05) is 17.5 Å². The fourth-order valence-corrected chi connectivity index (χ4v) is 2.50. The summed E-state index contributed by atoms with van der Waals surface area (Å²) in [5.74, 6) is 1.89. The van der Waals surface area contributed by atoms with Crippen LogP contribution in [-0.4, -0.2) is 54.2 Å². The zero-order valence-corrected chi connectivity index (χ0v) is 11.3. The quantitative estimate of drug-likeness (QED) is 0.602. The number of aliphatic hydroxyl groups is 2. The van der Waals surface area contributed by atoms with Gasteiger partial charge in [0.15, 0.2) is 17.0 Å². The molecule has 0 saturated carbocycles. The van der Waals surface area contributed by atoms with Gasteiger partial charge in [-0.25, -0.2) is 19.3 Å². The van der Waals surface area contributed by atoms with Crippen molar-refractivity contribution in [3.8, 4) is 12.3 Å². The van der Waals surface area contributed by atoms with Gasteiger partial charge in [-0.2, -0.15) is 0 Å². The highest BCUT2D eigenvalue weighted by atomic mass is 35.5. The number of aliphatic hydroxyl groups excluding tert-OH is 2. The van der Waals surface area contributed by atoms with E-state index in [1.807, 2.05) is 5.92 Å². The van der Waals surface area contributed by atoms with Crippen LogP contribution in [0.15, 0.2) is 12.7 Å². The molecule has 0 bridgehead atoms. The highest BCUT2D eigenvalue weighted by Crippen LogP contribution is 2.42. The summed E-state index contributed by atoms with van der Waals surface area (Å²) in [6, 6.07) is 0. The van der Waals surface area contributed by atoms with Crippen LogP contribution >= 0.6 is 11.6 Å². The second-order valence-corrected chi connectivity index (χ2v) is 4.91. The minimum absolute atomic E-state index is 0.0983. The van der Waals surface area contributed by atoms with Crippen molar-refractivity contribution in [2.24, 2.45) is 0 Å². The van der Waals surface area contributed by atoms with Crippen LogP contribution < -0.4 is 0 Å². The average molecular weight is 313 g/mol. The number of ether oxygens (including phenoxy) is 1. The number of imidazole rings is 1. The van der Waals surface area contributed by atoms with E-state index in [4.69, 9.17) is 27.9 Å². The van der Waals surface area contributed by atoms with Crippen LogP contribution in [0, 0.1) is 12.3 Å². The van der Waals surface area contributed by atoms with E-state index >= 15 is 0 Å². The maximum absolute atomic E-state index is 14.9. The van der Waals surface area contributed by atoms with Crippen LogP contribution in [0.1, 0.15) is 6.23 Å². The van der Waals surface area contributed by atoms with Crippen LogP contribution in [0.25, 0.3) is 11.2 Å². The first-order valence-corrected chi connectivity index (χ1v) is 6.34. The molecule has 110 valence electrons. The zero-order valence-electron chi connectivity index (χ0n) is 10.5. The lowest BCUT2D eigenvalue weighted by molar-refractivity contribution is -0.0504. The Bertz CT molecular complexity index is 733. The van der Waals surface area contributed by atoms with Crippen molar-refractivity contribution in [1.82, 2.24) is 19.5 Å². The molecule has 4 atom stereocenters. The first-order chi connectivity index (χ1) is 10.0. The van der Waals surface area contributed by atoms with E-state index < -0.39 is 30.7 Å². The lowest BCUT2D eigenvalue weighted by Gasteiger charge is -2.23. The van der Waals surface area contributed by atoms with Gasteiger partial charge in [-0.05, 0) is 0 Å². The molecule has 1 saturated heterocycles. The average Bonchev–Trinajstić information content (AvgIpc) is 3.01. The molecule has 2 aromatic rings. The van der Waals surface area contributed by atoms with Crippen molar-refractivity contribution in [1.29, 1.82) is 0 Å². The highest BCUT2D eigenvalue weighted by molar-refractivity contribution is 6.33. The van der Waals surface area contributed by atoms with Crippen LogP contribution in [0.2, 0.25) is 5.15 Å². The summed E-state index contributed by atoms with van der Waals surface area (Å²) in [7, 11) is 0. The lowest BCUT2D eigenvalue weighted by atomic mass is 9.97. The molecule has 1 aliphatic heterocycles. The van der Waals surface area contributed by atoms with E-state index in [2.05, 4.69) is 15.0 Å². The summed E-state index contributed by atoms with van der Waals surface area (Å²) in [4.78, 5) is 11.7. The number of alkyl halides is 1. The topological polar surface area (TPSA) is 93.3 Å².